The van der Waals surface area contributed by atoms with Crippen LogP contribution in [-0.4, -0.2) is 5.78 Å². The van der Waals surface area contributed by atoms with Crippen LogP contribution in [0.4, 0.5) is 4.39 Å². The molecule has 3 aromatic rings. The fraction of sp³-hybridized carbons (Fsp3) is 0.0625. The summed E-state index contributed by atoms with van der Waals surface area (Å²) in [5.41, 5.74) is 1.86. The normalized spacial score (nSPS) is 10.9. The minimum atomic E-state index is -0.400. The lowest BCUT2D eigenvalue weighted by atomic mass is 10.0. The van der Waals surface area contributed by atoms with Crippen LogP contribution < -0.4 is 0 Å². The van der Waals surface area contributed by atoms with Crippen molar-refractivity contribution in [1.29, 1.82) is 0 Å². The Balaban J connectivity index is 2.12. The van der Waals surface area contributed by atoms with Gasteiger partial charge in [0, 0.05) is 16.5 Å². The van der Waals surface area contributed by atoms with E-state index >= 15 is 0 Å². The lowest BCUT2D eigenvalue weighted by molar-refractivity contribution is 0.101. The SMILES string of the molecule is Cc1c(C(=O)c2ccc(F)c(Br)c2)oc2ccccc12. The number of rotatable bonds is 2. The maximum Gasteiger partial charge on any atom is 0.228 e. The second-order valence-electron chi connectivity index (χ2n) is 4.51. The molecule has 0 fully saturated rings. The van der Waals surface area contributed by atoms with Gasteiger partial charge in [-0.25, -0.2) is 4.39 Å². The van der Waals surface area contributed by atoms with Crippen molar-refractivity contribution in [3.63, 3.8) is 0 Å². The van der Waals surface area contributed by atoms with Crippen LogP contribution in [0.1, 0.15) is 21.7 Å². The maximum absolute atomic E-state index is 13.2. The number of halogens is 2. The molecular formula is C16H10BrFO2. The van der Waals surface area contributed by atoms with Gasteiger partial charge < -0.3 is 4.42 Å². The lowest BCUT2D eigenvalue weighted by Gasteiger charge is -2.01. The summed E-state index contributed by atoms with van der Waals surface area (Å²) in [5, 5.41) is 0.914. The van der Waals surface area contributed by atoms with Gasteiger partial charge in [-0.1, -0.05) is 18.2 Å². The van der Waals surface area contributed by atoms with E-state index < -0.39 is 5.82 Å². The fourth-order valence-corrected chi connectivity index (χ4v) is 2.54. The molecule has 0 aliphatic carbocycles. The van der Waals surface area contributed by atoms with Crippen LogP contribution in [0.3, 0.4) is 0 Å². The van der Waals surface area contributed by atoms with E-state index in [1.54, 1.807) is 0 Å². The average Bonchev–Trinajstić information content (AvgIpc) is 2.79. The van der Waals surface area contributed by atoms with Gasteiger partial charge in [0.1, 0.15) is 11.4 Å². The van der Waals surface area contributed by atoms with Crippen LogP contribution >= 0.6 is 15.9 Å². The summed E-state index contributed by atoms with van der Waals surface area (Å²) in [7, 11) is 0. The Morgan fingerprint density at radius 2 is 1.95 bits per heavy atom. The van der Waals surface area contributed by atoms with Crippen LogP contribution in [0, 0.1) is 12.7 Å². The van der Waals surface area contributed by atoms with E-state index in [0.717, 1.165) is 10.9 Å². The van der Waals surface area contributed by atoms with E-state index in [-0.39, 0.29) is 10.3 Å². The Labute approximate surface area is 123 Å². The molecule has 2 nitrogen and oxygen atoms in total. The van der Waals surface area contributed by atoms with Crippen LogP contribution in [0.5, 0.6) is 0 Å². The highest BCUT2D eigenvalue weighted by atomic mass is 79.9. The number of benzene rings is 2. The van der Waals surface area contributed by atoms with Crippen molar-refractivity contribution >= 4 is 32.7 Å². The lowest BCUT2D eigenvalue weighted by Crippen LogP contribution is -2.02. The van der Waals surface area contributed by atoms with E-state index in [0.29, 0.717) is 16.9 Å². The van der Waals surface area contributed by atoms with Crippen molar-refractivity contribution in [1.82, 2.24) is 0 Å². The highest BCUT2D eigenvalue weighted by Gasteiger charge is 2.19. The summed E-state index contributed by atoms with van der Waals surface area (Å²) in [4.78, 5) is 12.5. The van der Waals surface area contributed by atoms with Gasteiger partial charge in [-0.15, -0.1) is 0 Å². The first-order chi connectivity index (χ1) is 9.58. The van der Waals surface area contributed by atoms with Crippen molar-refractivity contribution < 1.29 is 13.6 Å². The van der Waals surface area contributed by atoms with Crippen molar-refractivity contribution in [2.24, 2.45) is 0 Å². The molecule has 1 aromatic heterocycles. The molecule has 1 heterocycles. The number of fused-ring (bicyclic) bond motifs is 1. The Kier molecular flexibility index (Phi) is 3.18. The minimum absolute atomic E-state index is 0.251. The zero-order valence-electron chi connectivity index (χ0n) is 10.6. The van der Waals surface area contributed by atoms with Crippen molar-refractivity contribution in [3.8, 4) is 0 Å². The van der Waals surface area contributed by atoms with Gasteiger partial charge in [0.05, 0.1) is 4.47 Å². The number of ketones is 1. The van der Waals surface area contributed by atoms with Gasteiger partial charge >= 0.3 is 0 Å². The number of carbonyl (C=O) groups excluding carboxylic acids is 1. The van der Waals surface area contributed by atoms with E-state index in [2.05, 4.69) is 15.9 Å². The fourth-order valence-electron chi connectivity index (χ4n) is 2.16. The summed E-state index contributed by atoms with van der Waals surface area (Å²) in [6.07, 6.45) is 0. The van der Waals surface area contributed by atoms with Gasteiger partial charge in [0.25, 0.3) is 0 Å². The predicted octanol–water partition coefficient (Wildman–Crippen LogP) is 4.87. The summed E-state index contributed by atoms with van der Waals surface area (Å²) in [5.74, 6) is -0.355. The Morgan fingerprint density at radius 3 is 2.65 bits per heavy atom. The molecule has 0 aliphatic heterocycles. The largest absolute Gasteiger partial charge is 0.452 e. The highest BCUT2D eigenvalue weighted by Crippen LogP contribution is 2.27. The zero-order valence-corrected chi connectivity index (χ0v) is 12.2. The zero-order chi connectivity index (χ0) is 14.3. The summed E-state index contributed by atoms with van der Waals surface area (Å²) >= 11 is 3.08. The Morgan fingerprint density at radius 1 is 1.20 bits per heavy atom. The maximum atomic E-state index is 13.2. The monoisotopic (exact) mass is 332 g/mol. The second-order valence-corrected chi connectivity index (χ2v) is 5.36. The van der Waals surface area contributed by atoms with Crippen LogP contribution in [0.25, 0.3) is 11.0 Å². The molecule has 100 valence electrons. The van der Waals surface area contributed by atoms with Gasteiger partial charge in [0.2, 0.25) is 5.78 Å². The number of carbonyl (C=O) groups is 1. The van der Waals surface area contributed by atoms with Crippen molar-refractivity contribution in [3.05, 3.63) is 69.6 Å². The first-order valence-corrected chi connectivity index (χ1v) is 6.85. The van der Waals surface area contributed by atoms with Gasteiger partial charge in [-0.3, -0.25) is 4.79 Å². The second kappa shape index (κ2) is 4.87. The molecule has 4 heteroatoms. The summed E-state index contributed by atoms with van der Waals surface area (Å²) in [6.45, 7) is 1.84. The smallest absolute Gasteiger partial charge is 0.228 e. The molecule has 0 saturated carbocycles. The third-order valence-electron chi connectivity index (χ3n) is 3.23. The molecule has 0 aliphatic rings. The van der Waals surface area contributed by atoms with E-state index in [1.807, 2.05) is 31.2 Å². The molecule has 0 atom stereocenters. The third-order valence-corrected chi connectivity index (χ3v) is 3.84. The number of hydrogen-bond donors (Lipinski definition) is 0. The van der Waals surface area contributed by atoms with Gasteiger partial charge in [0.15, 0.2) is 5.76 Å². The first kappa shape index (κ1) is 13.1. The summed E-state index contributed by atoms with van der Waals surface area (Å²) in [6, 6.07) is 11.7. The molecule has 0 bridgehead atoms. The molecule has 0 spiro atoms. The number of aryl methyl sites for hydroxylation is 1. The highest BCUT2D eigenvalue weighted by molar-refractivity contribution is 9.10. The molecule has 0 radical (unpaired) electrons. The number of para-hydroxylation sites is 1. The Bertz CT molecular complexity index is 820. The topological polar surface area (TPSA) is 30.2 Å². The van der Waals surface area contributed by atoms with Crippen LogP contribution in [-0.2, 0) is 0 Å². The predicted molar refractivity (Wildman–Crippen MR) is 78.5 cm³/mol. The molecule has 0 amide bonds. The number of furan rings is 1. The molecular weight excluding hydrogens is 323 g/mol. The van der Waals surface area contributed by atoms with Crippen molar-refractivity contribution in [2.45, 2.75) is 6.92 Å². The molecule has 3 rings (SSSR count). The minimum Gasteiger partial charge on any atom is -0.452 e. The summed E-state index contributed by atoms with van der Waals surface area (Å²) < 4.78 is 19.1. The quantitative estimate of drug-likeness (QED) is 0.626. The van der Waals surface area contributed by atoms with Gasteiger partial charge in [-0.2, -0.15) is 0 Å². The van der Waals surface area contributed by atoms with E-state index in [1.165, 1.54) is 18.2 Å². The molecule has 2 aromatic carbocycles. The number of hydrogen-bond acceptors (Lipinski definition) is 2. The third kappa shape index (κ3) is 2.06. The molecule has 0 N–H and O–H groups in total. The first-order valence-electron chi connectivity index (χ1n) is 6.06. The van der Waals surface area contributed by atoms with E-state index in [4.69, 9.17) is 4.42 Å². The van der Waals surface area contributed by atoms with E-state index in [9.17, 15) is 9.18 Å². The standard InChI is InChI=1S/C16H10BrFO2/c1-9-11-4-2-3-5-14(11)20-16(9)15(19)10-6-7-13(18)12(17)8-10/h2-8H,1H3. The average molecular weight is 333 g/mol. The van der Waals surface area contributed by atoms with Gasteiger partial charge in [-0.05, 0) is 47.1 Å². The van der Waals surface area contributed by atoms with Crippen LogP contribution in [0.15, 0.2) is 51.4 Å². The Hall–Kier alpha value is -1.94. The molecule has 0 unspecified atom stereocenters. The van der Waals surface area contributed by atoms with Crippen molar-refractivity contribution in [2.75, 3.05) is 0 Å². The molecule has 0 saturated heterocycles. The molecule has 20 heavy (non-hydrogen) atoms. The van der Waals surface area contributed by atoms with Crippen LogP contribution in [0.2, 0.25) is 0 Å².